The molecule has 1 atom stereocenters. The maximum atomic E-state index is 5.64. The molecule has 0 amide bonds. The summed E-state index contributed by atoms with van der Waals surface area (Å²) in [5.41, 5.74) is 3.81. The molecule has 1 heterocycles. The van der Waals surface area contributed by atoms with Gasteiger partial charge in [-0.3, -0.25) is 0 Å². The molecule has 1 unspecified atom stereocenters. The summed E-state index contributed by atoms with van der Waals surface area (Å²) in [5, 5.41) is 3.51. The van der Waals surface area contributed by atoms with Gasteiger partial charge in [-0.25, -0.2) is 0 Å². The third-order valence-electron chi connectivity index (χ3n) is 3.75. The second-order valence-electron chi connectivity index (χ2n) is 5.60. The van der Waals surface area contributed by atoms with Crippen LogP contribution in [-0.4, -0.2) is 33.4 Å². The van der Waals surface area contributed by atoms with Crippen LogP contribution in [0, 0.1) is 6.92 Å². The third-order valence-corrected chi connectivity index (χ3v) is 3.75. The van der Waals surface area contributed by atoms with Crippen molar-refractivity contribution in [2.24, 2.45) is 0 Å². The fraction of sp³-hybridized carbons (Fsp3) is 0.625. The number of ether oxygens (including phenoxy) is 1. The lowest BCUT2D eigenvalue weighted by Crippen LogP contribution is -2.12. The van der Waals surface area contributed by atoms with Crippen molar-refractivity contribution >= 4 is 11.4 Å². The molecule has 0 saturated carbocycles. The monoisotopic (exact) mass is 262 g/mol. The Morgan fingerprint density at radius 2 is 2.21 bits per heavy atom. The maximum Gasteiger partial charge on any atom is 0.0576 e. The number of hydrogen-bond donors (Lipinski definition) is 1. The minimum absolute atomic E-state index is 0.511. The van der Waals surface area contributed by atoms with Crippen LogP contribution in [0.3, 0.4) is 0 Å². The number of nitrogens with one attached hydrogen (secondary N) is 1. The zero-order valence-corrected chi connectivity index (χ0v) is 12.4. The van der Waals surface area contributed by atoms with Gasteiger partial charge in [0, 0.05) is 38.6 Å². The van der Waals surface area contributed by atoms with E-state index in [1.54, 1.807) is 0 Å². The van der Waals surface area contributed by atoms with Crippen LogP contribution in [0.5, 0.6) is 0 Å². The number of hydrogen-bond acceptors (Lipinski definition) is 3. The number of aryl methyl sites for hydroxylation is 1. The Kier molecular flexibility index (Phi) is 5.08. The van der Waals surface area contributed by atoms with Crippen molar-refractivity contribution in [2.45, 2.75) is 38.7 Å². The van der Waals surface area contributed by atoms with E-state index in [-0.39, 0.29) is 0 Å². The predicted octanol–water partition coefficient (Wildman–Crippen LogP) is 3.43. The Bertz CT molecular complexity index is 398. The molecule has 0 aliphatic carbocycles. The normalized spacial score (nSPS) is 18.6. The zero-order chi connectivity index (χ0) is 13.7. The van der Waals surface area contributed by atoms with Crippen molar-refractivity contribution in [1.29, 1.82) is 0 Å². The van der Waals surface area contributed by atoms with E-state index >= 15 is 0 Å². The molecular formula is C16H26N2O. The number of anilines is 2. The molecule has 0 aromatic heterocycles. The second kappa shape index (κ2) is 6.80. The summed E-state index contributed by atoms with van der Waals surface area (Å²) in [4.78, 5) is 2.16. The van der Waals surface area contributed by atoms with Gasteiger partial charge in [-0.2, -0.15) is 0 Å². The summed E-state index contributed by atoms with van der Waals surface area (Å²) >= 11 is 0. The molecule has 0 radical (unpaired) electrons. The van der Waals surface area contributed by atoms with Crippen molar-refractivity contribution in [3.63, 3.8) is 0 Å². The lowest BCUT2D eigenvalue weighted by molar-refractivity contribution is 0.103. The first-order valence-electron chi connectivity index (χ1n) is 7.30. The van der Waals surface area contributed by atoms with Gasteiger partial charge in [0.25, 0.3) is 0 Å². The van der Waals surface area contributed by atoms with Crippen LogP contribution in [0.4, 0.5) is 11.4 Å². The molecule has 3 nitrogen and oxygen atoms in total. The first-order valence-corrected chi connectivity index (χ1v) is 7.30. The molecule has 1 fully saturated rings. The second-order valence-corrected chi connectivity index (χ2v) is 5.60. The Morgan fingerprint density at radius 3 is 2.89 bits per heavy atom. The Hall–Kier alpha value is -1.22. The molecule has 1 aliphatic rings. The molecule has 1 saturated heterocycles. The molecule has 1 aliphatic heterocycles. The first-order chi connectivity index (χ1) is 9.16. The SMILES string of the molecule is Cc1ccc(NCCCC2CCCO2)cc1N(C)C. The van der Waals surface area contributed by atoms with Gasteiger partial charge < -0.3 is 15.0 Å². The molecule has 1 N–H and O–H groups in total. The predicted molar refractivity (Wildman–Crippen MR) is 82.2 cm³/mol. The largest absolute Gasteiger partial charge is 0.385 e. The highest BCUT2D eigenvalue weighted by atomic mass is 16.5. The highest BCUT2D eigenvalue weighted by molar-refractivity contribution is 5.61. The molecule has 3 heteroatoms. The summed E-state index contributed by atoms with van der Waals surface area (Å²) < 4.78 is 5.64. The Labute approximate surface area is 116 Å². The smallest absolute Gasteiger partial charge is 0.0576 e. The average Bonchev–Trinajstić information content (AvgIpc) is 2.89. The summed E-state index contributed by atoms with van der Waals surface area (Å²) in [6.07, 6.45) is 5.35. The lowest BCUT2D eigenvalue weighted by atomic mass is 10.1. The van der Waals surface area contributed by atoms with Crippen LogP contribution in [0.1, 0.15) is 31.2 Å². The average molecular weight is 262 g/mol. The van der Waals surface area contributed by atoms with Crippen molar-refractivity contribution < 1.29 is 4.74 Å². The van der Waals surface area contributed by atoms with Gasteiger partial charge in [-0.15, -0.1) is 0 Å². The van der Waals surface area contributed by atoms with E-state index in [0.29, 0.717) is 6.10 Å². The van der Waals surface area contributed by atoms with Gasteiger partial charge >= 0.3 is 0 Å². The molecule has 2 rings (SSSR count). The molecule has 0 spiro atoms. The van der Waals surface area contributed by atoms with Gasteiger partial charge in [0.05, 0.1) is 6.10 Å². The Balaban J connectivity index is 1.77. The van der Waals surface area contributed by atoms with E-state index < -0.39 is 0 Å². The fourth-order valence-electron chi connectivity index (χ4n) is 2.64. The van der Waals surface area contributed by atoms with Gasteiger partial charge in [-0.05, 0) is 50.3 Å². The van der Waals surface area contributed by atoms with E-state index in [4.69, 9.17) is 4.74 Å². The van der Waals surface area contributed by atoms with E-state index in [9.17, 15) is 0 Å². The van der Waals surface area contributed by atoms with Crippen molar-refractivity contribution in [3.05, 3.63) is 23.8 Å². The zero-order valence-electron chi connectivity index (χ0n) is 12.4. The van der Waals surface area contributed by atoms with Gasteiger partial charge in [0.1, 0.15) is 0 Å². The standard InChI is InChI=1S/C16H26N2O/c1-13-8-9-14(12-16(13)18(2)3)17-10-4-6-15-7-5-11-19-15/h8-9,12,15,17H,4-7,10-11H2,1-3H3. The van der Waals surface area contributed by atoms with Crippen LogP contribution in [-0.2, 0) is 4.74 Å². The van der Waals surface area contributed by atoms with Crippen LogP contribution in [0.2, 0.25) is 0 Å². The lowest BCUT2D eigenvalue weighted by Gasteiger charge is -2.17. The molecule has 0 bridgehead atoms. The van der Waals surface area contributed by atoms with E-state index in [1.807, 2.05) is 0 Å². The molecule has 1 aromatic rings. The van der Waals surface area contributed by atoms with Gasteiger partial charge in [0.15, 0.2) is 0 Å². The van der Waals surface area contributed by atoms with Crippen molar-refractivity contribution in [1.82, 2.24) is 0 Å². The van der Waals surface area contributed by atoms with E-state index in [2.05, 4.69) is 49.4 Å². The minimum atomic E-state index is 0.511. The number of benzene rings is 1. The maximum absolute atomic E-state index is 5.64. The summed E-state index contributed by atoms with van der Waals surface area (Å²) in [6, 6.07) is 6.56. The molecule has 19 heavy (non-hydrogen) atoms. The van der Waals surface area contributed by atoms with E-state index in [0.717, 1.165) is 13.2 Å². The molecule has 1 aromatic carbocycles. The number of rotatable bonds is 6. The molecular weight excluding hydrogens is 236 g/mol. The highest BCUT2D eigenvalue weighted by Crippen LogP contribution is 2.23. The van der Waals surface area contributed by atoms with Crippen LogP contribution >= 0.6 is 0 Å². The minimum Gasteiger partial charge on any atom is -0.385 e. The topological polar surface area (TPSA) is 24.5 Å². The van der Waals surface area contributed by atoms with Crippen LogP contribution < -0.4 is 10.2 Å². The molecule has 106 valence electrons. The van der Waals surface area contributed by atoms with Crippen LogP contribution in [0.25, 0.3) is 0 Å². The summed E-state index contributed by atoms with van der Waals surface area (Å²) in [7, 11) is 4.17. The van der Waals surface area contributed by atoms with Crippen molar-refractivity contribution in [3.8, 4) is 0 Å². The fourth-order valence-corrected chi connectivity index (χ4v) is 2.64. The van der Waals surface area contributed by atoms with Gasteiger partial charge in [0.2, 0.25) is 0 Å². The van der Waals surface area contributed by atoms with Crippen LogP contribution in [0.15, 0.2) is 18.2 Å². The van der Waals surface area contributed by atoms with E-state index in [1.165, 1.54) is 42.6 Å². The summed E-state index contributed by atoms with van der Waals surface area (Å²) in [6.45, 7) is 4.13. The quantitative estimate of drug-likeness (QED) is 0.795. The third kappa shape index (κ3) is 4.13. The Morgan fingerprint density at radius 1 is 1.37 bits per heavy atom. The summed E-state index contributed by atoms with van der Waals surface area (Å²) in [5.74, 6) is 0. The first kappa shape index (κ1) is 14.2. The number of nitrogens with zero attached hydrogens (tertiary/aromatic N) is 1. The van der Waals surface area contributed by atoms with Crippen molar-refractivity contribution in [2.75, 3.05) is 37.5 Å². The highest BCUT2D eigenvalue weighted by Gasteiger charge is 2.14. The van der Waals surface area contributed by atoms with Gasteiger partial charge in [-0.1, -0.05) is 6.07 Å².